The summed E-state index contributed by atoms with van der Waals surface area (Å²) in [7, 11) is 0. The van der Waals surface area contributed by atoms with Crippen LogP contribution in [0.3, 0.4) is 0 Å². The van der Waals surface area contributed by atoms with Crippen LogP contribution >= 0.6 is 0 Å². The molecule has 1 aromatic rings. The molecule has 1 fully saturated rings. The molecular weight excluding hydrogens is 354 g/mol. The molecule has 0 heterocycles. The molecule has 0 saturated heterocycles. The van der Waals surface area contributed by atoms with E-state index >= 15 is 0 Å². The summed E-state index contributed by atoms with van der Waals surface area (Å²) in [5.74, 6) is -1.11. The van der Waals surface area contributed by atoms with Gasteiger partial charge in [0, 0.05) is 44.3 Å². The summed E-state index contributed by atoms with van der Waals surface area (Å²) in [6, 6.07) is 5.71. The van der Waals surface area contributed by atoms with Gasteiger partial charge >= 0.3 is 6.11 Å². The van der Waals surface area contributed by atoms with Gasteiger partial charge in [-0.1, -0.05) is 39.7 Å². The Morgan fingerprint density at radius 2 is 1.76 bits per heavy atom. The molecule has 0 bridgehead atoms. The van der Waals surface area contributed by atoms with E-state index in [1.165, 1.54) is 12.1 Å². The Bertz CT molecular complexity index is 404. The van der Waals surface area contributed by atoms with E-state index in [0.717, 1.165) is 18.9 Å². The zero-order chi connectivity index (χ0) is 15.2. The van der Waals surface area contributed by atoms with Crippen LogP contribution in [0.5, 0.6) is 5.75 Å². The fraction of sp³-hybridized carbons (Fsp3) is 0.625. The largest absolute Gasteiger partial charge is 0.459 e. The molecule has 1 radical (unpaired) electrons. The van der Waals surface area contributed by atoms with Crippen LogP contribution in [-0.2, 0) is 32.7 Å². The number of hydrogen-bond donors (Lipinski definition) is 0. The molecule has 1 saturated carbocycles. The maximum atomic E-state index is 13.9. The van der Waals surface area contributed by atoms with E-state index in [9.17, 15) is 13.2 Å². The van der Waals surface area contributed by atoms with E-state index in [0.29, 0.717) is 18.8 Å². The maximum Gasteiger partial charge on any atom is 0.398 e. The number of ether oxygens (including phenoxy) is 1. The van der Waals surface area contributed by atoms with Crippen molar-refractivity contribution in [1.29, 1.82) is 0 Å². The first-order chi connectivity index (χ1) is 9.47. The first-order valence-corrected chi connectivity index (χ1v) is 7.21. The monoisotopic (exact) mass is 376 g/mol. The zero-order valence-corrected chi connectivity index (χ0v) is 15.7. The van der Waals surface area contributed by atoms with E-state index in [-0.39, 0.29) is 38.5 Å². The molecule has 1 aromatic carbocycles. The topological polar surface area (TPSA) is 9.23 Å². The van der Waals surface area contributed by atoms with Crippen molar-refractivity contribution in [2.75, 3.05) is 0 Å². The number of halogens is 3. The second-order valence-electron chi connectivity index (χ2n) is 4.99. The van der Waals surface area contributed by atoms with Crippen molar-refractivity contribution in [3.63, 3.8) is 0 Å². The second-order valence-corrected chi connectivity index (χ2v) is 4.99. The third-order valence-corrected chi connectivity index (χ3v) is 3.48. The van der Waals surface area contributed by atoms with Crippen molar-refractivity contribution >= 4 is 0 Å². The van der Waals surface area contributed by atoms with E-state index in [4.69, 9.17) is 0 Å². The minimum Gasteiger partial charge on any atom is -0.459 e. The smallest absolute Gasteiger partial charge is 0.398 e. The van der Waals surface area contributed by atoms with Gasteiger partial charge in [0.25, 0.3) is 0 Å². The Labute approximate surface area is 150 Å². The molecule has 1 aliphatic rings. The van der Waals surface area contributed by atoms with Crippen molar-refractivity contribution in [3.8, 4) is 5.75 Å². The zero-order valence-electron chi connectivity index (χ0n) is 12.8. The summed E-state index contributed by atoms with van der Waals surface area (Å²) < 4.78 is 45.3. The number of alkyl halides is 2. The fourth-order valence-electron chi connectivity index (χ4n) is 2.32. The molecule has 117 valence electrons. The average molecular weight is 376 g/mol. The molecule has 0 spiro atoms. The van der Waals surface area contributed by atoms with Crippen LogP contribution in [0.4, 0.5) is 13.2 Å². The van der Waals surface area contributed by atoms with Crippen molar-refractivity contribution in [1.82, 2.24) is 0 Å². The van der Waals surface area contributed by atoms with Gasteiger partial charge in [0.2, 0.25) is 0 Å². The molecule has 0 atom stereocenters. The van der Waals surface area contributed by atoms with E-state index < -0.39 is 17.8 Å². The summed E-state index contributed by atoms with van der Waals surface area (Å²) >= 11 is 0. The minimum atomic E-state index is -3.23. The standard InChI is InChI=1S/C14H16F3O.C2H6.Y/c1-10-5-7-11(8-6-10)14(16,17)18-13-4-2-3-12(15)9-13;1-2;/h2,4,9-11H,5-8H2,1H3;1-2H3;/q-1;;. The van der Waals surface area contributed by atoms with E-state index in [1.54, 1.807) is 0 Å². The molecule has 5 heteroatoms. The van der Waals surface area contributed by atoms with Crippen molar-refractivity contribution in [2.24, 2.45) is 11.8 Å². The Kier molecular flexibility index (Phi) is 9.79. The van der Waals surface area contributed by atoms with Gasteiger partial charge in [-0.15, -0.1) is 12.1 Å². The first-order valence-electron chi connectivity index (χ1n) is 7.21. The van der Waals surface area contributed by atoms with Gasteiger partial charge in [-0.3, -0.25) is 0 Å². The predicted octanol–water partition coefficient (Wildman–Crippen LogP) is 5.45. The predicted molar refractivity (Wildman–Crippen MR) is 73.3 cm³/mol. The second kappa shape index (κ2) is 9.83. The molecular formula is C16H22F3OY-. The quantitative estimate of drug-likeness (QED) is 0.638. The van der Waals surface area contributed by atoms with Crippen LogP contribution in [0.1, 0.15) is 46.5 Å². The van der Waals surface area contributed by atoms with Crippen LogP contribution in [0.15, 0.2) is 18.2 Å². The molecule has 21 heavy (non-hydrogen) atoms. The van der Waals surface area contributed by atoms with Crippen LogP contribution in [0.25, 0.3) is 0 Å². The molecule has 0 aliphatic heterocycles. The normalized spacial score (nSPS) is 21.6. The summed E-state index contributed by atoms with van der Waals surface area (Å²) in [5, 5.41) is 0. The van der Waals surface area contributed by atoms with Crippen molar-refractivity contribution < 1.29 is 50.6 Å². The van der Waals surface area contributed by atoms with Crippen LogP contribution in [-0.4, -0.2) is 6.11 Å². The third kappa shape index (κ3) is 6.69. The van der Waals surface area contributed by atoms with E-state index in [1.807, 2.05) is 13.8 Å². The Balaban J connectivity index is 0.00000128. The SMILES string of the molecule is CC.CC1CCC(C(F)(F)Oc2cc[c-]c(F)c2)CC1.[Y]. The number of hydrogen-bond acceptors (Lipinski definition) is 1. The van der Waals surface area contributed by atoms with Crippen molar-refractivity contribution in [3.05, 3.63) is 30.1 Å². The van der Waals surface area contributed by atoms with Gasteiger partial charge in [-0.25, -0.2) is 4.39 Å². The van der Waals surface area contributed by atoms with Crippen molar-refractivity contribution in [2.45, 2.75) is 52.6 Å². The number of benzene rings is 1. The summed E-state index contributed by atoms with van der Waals surface area (Å²) in [5.41, 5.74) is 0. The van der Waals surface area contributed by atoms with Gasteiger partial charge in [0.15, 0.2) is 0 Å². The minimum absolute atomic E-state index is 0. The Hall–Kier alpha value is -0.0861. The maximum absolute atomic E-state index is 13.9. The van der Waals surface area contributed by atoms with Gasteiger partial charge in [-0.2, -0.15) is 14.8 Å². The Morgan fingerprint density at radius 3 is 2.29 bits per heavy atom. The van der Waals surface area contributed by atoms with Gasteiger partial charge in [-0.05, 0) is 18.8 Å². The molecule has 1 aliphatic carbocycles. The third-order valence-electron chi connectivity index (χ3n) is 3.48. The molecule has 0 aromatic heterocycles. The summed E-state index contributed by atoms with van der Waals surface area (Å²) in [6.07, 6.45) is -0.736. The van der Waals surface area contributed by atoms with Crippen LogP contribution < -0.4 is 4.74 Å². The molecule has 0 unspecified atom stereocenters. The molecule has 1 nitrogen and oxygen atoms in total. The fourth-order valence-corrected chi connectivity index (χ4v) is 2.32. The summed E-state index contributed by atoms with van der Waals surface area (Å²) in [4.78, 5) is 0. The van der Waals surface area contributed by atoms with Gasteiger partial charge in [0.05, 0.1) is 5.92 Å². The summed E-state index contributed by atoms with van der Waals surface area (Å²) in [6.45, 7) is 6.07. The number of rotatable bonds is 3. The van der Waals surface area contributed by atoms with E-state index in [2.05, 4.69) is 17.7 Å². The van der Waals surface area contributed by atoms with Gasteiger partial charge < -0.3 is 4.74 Å². The van der Waals surface area contributed by atoms with Crippen LogP contribution in [0.2, 0.25) is 0 Å². The van der Waals surface area contributed by atoms with Gasteiger partial charge in [0.1, 0.15) is 0 Å². The Morgan fingerprint density at radius 1 is 1.19 bits per heavy atom. The average Bonchev–Trinajstić information content (AvgIpc) is 2.41. The van der Waals surface area contributed by atoms with Crippen LogP contribution in [0, 0.1) is 23.7 Å². The first kappa shape index (κ1) is 20.9. The molecule has 0 N–H and O–H groups in total. The molecule has 0 amide bonds. The molecule has 2 rings (SSSR count).